The van der Waals surface area contributed by atoms with Crippen LogP contribution in [0.3, 0.4) is 0 Å². The highest BCUT2D eigenvalue weighted by molar-refractivity contribution is 7.92. The van der Waals surface area contributed by atoms with Gasteiger partial charge in [0.1, 0.15) is 18.4 Å². The van der Waals surface area contributed by atoms with Crippen molar-refractivity contribution < 1.29 is 17.9 Å². The smallest absolute Gasteiger partial charge is 0.243 e. The highest BCUT2D eigenvalue weighted by atomic mass is 32.2. The zero-order valence-corrected chi connectivity index (χ0v) is 19.3. The number of carbonyl (C=O) groups is 1. The maximum Gasteiger partial charge on any atom is 0.243 e. The predicted molar refractivity (Wildman–Crippen MR) is 122 cm³/mol. The molecular weight excluding hydrogens is 400 g/mol. The van der Waals surface area contributed by atoms with Gasteiger partial charge in [0.15, 0.2) is 0 Å². The molecule has 0 bridgehead atoms. The van der Waals surface area contributed by atoms with E-state index in [2.05, 4.69) is 12.2 Å². The van der Waals surface area contributed by atoms with Crippen molar-refractivity contribution in [2.24, 2.45) is 0 Å². The van der Waals surface area contributed by atoms with Crippen molar-refractivity contribution in [1.29, 1.82) is 0 Å². The van der Waals surface area contributed by atoms with Crippen LogP contribution in [0.5, 0.6) is 5.75 Å². The van der Waals surface area contributed by atoms with Crippen LogP contribution >= 0.6 is 0 Å². The van der Waals surface area contributed by atoms with Crippen molar-refractivity contribution in [2.45, 2.75) is 46.6 Å². The molecule has 0 aliphatic rings. The van der Waals surface area contributed by atoms with Gasteiger partial charge in [0.25, 0.3) is 0 Å². The van der Waals surface area contributed by atoms with Gasteiger partial charge in [0.2, 0.25) is 15.9 Å². The fraction of sp³-hybridized carbons (Fsp3) is 0.435. The monoisotopic (exact) mass is 432 g/mol. The average molecular weight is 433 g/mol. The summed E-state index contributed by atoms with van der Waals surface area (Å²) in [5, 5.41) is 2.76. The minimum absolute atomic E-state index is 0.282. The fourth-order valence-electron chi connectivity index (χ4n) is 3.20. The van der Waals surface area contributed by atoms with Crippen LogP contribution in [0.4, 0.5) is 5.69 Å². The summed E-state index contributed by atoms with van der Waals surface area (Å²) in [6, 6.07) is 12.4. The van der Waals surface area contributed by atoms with Gasteiger partial charge in [-0.05, 0) is 68.1 Å². The van der Waals surface area contributed by atoms with Crippen LogP contribution in [-0.2, 0) is 21.2 Å². The summed E-state index contributed by atoms with van der Waals surface area (Å²) in [5.74, 6) is 0.366. The van der Waals surface area contributed by atoms with Gasteiger partial charge < -0.3 is 10.1 Å². The molecule has 0 saturated heterocycles. The molecule has 2 rings (SSSR count). The van der Waals surface area contributed by atoms with Crippen molar-refractivity contribution in [1.82, 2.24) is 5.32 Å². The first-order valence-corrected chi connectivity index (χ1v) is 12.0. The summed E-state index contributed by atoms with van der Waals surface area (Å²) < 4.78 is 31.6. The second kappa shape index (κ2) is 10.5. The minimum atomic E-state index is -3.63. The number of ether oxygens (including phenoxy) is 1. The Labute approximate surface area is 180 Å². The summed E-state index contributed by atoms with van der Waals surface area (Å²) in [7, 11) is -3.63. The number of hydrogen-bond acceptors (Lipinski definition) is 4. The third-order valence-corrected chi connectivity index (χ3v) is 6.21. The molecule has 6 nitrogen and oxygen atoms in total. The number of hydrogen-bond donors (Lipinski definition) is 1. The molecule has 1 N–H and O–H groups in total. The van der Waals surface area contributed by atoms with E-state index >= 15 is 0 Å². The first-order valence-electron chi connectivity index (χ1n) is 10.2. The molecule has 0 heterocycles. The lowest BCUT2D eigenvalue weighted by Crippen LogP contribution is -2.48. The van der Waals surface area contributed by atoms with E-state index in [1.807, 2.05) is 44.2 Å². The molecule has 0 radical (unpaired) electrons. The highest BCUT2D eigenvalue weighted by Gasteiger charge is 2.29. The lowest BCUT2D eigenvalue weighted by atomic mass is 10.1. The number of carbonyl (C=O) groups excluding carboxylic acids is 1. The van der Waals surface area contributed by atoms with Crippen molar-refractivity contribution in [3.63, 3.8) is 0 Å². The SMILES string of the molecule is CCCc1ccc(OCCNC(=O)C(C)N(c2ccc(C)c(C)c2)S(C)(=O)=O)cc1. The first kappa shape index (κ1) is 23.7. The van der Waals surface area contributed by atoms with Crippen LogP contribution in [0.1, 0.15) is 37.0 Å². The van der Waals surface area contributed by atoms with Gasteiger partial charge in [-0.2, -0.15) is 0 Å². The molecule has 0 aliphatic carbocycles. The largest absolute Gasteiger partial charge is 0.492 e. The Morgan fingerprint density at radius 3 is 2.33 bits per heavy atom. The van der Waals surface area contributed by atoms with Gasteiger partial charge in [0, 0.05) is 0 Å². The van der Waals surface area contributed by atoms with Gasteiger partial charge in [-0.3, -0.25) is 9.10 Å². The average Bonchev–Trinajstić information content (AvgIpc) is 2.68. The molecule has 2 aromatic carbocycles. The summed E-state index contributed by atoms with van der Waals surface area (Å²) in [5.41, 5.74) is 3.77. The van der Waals surface area contributed by atoms with Gasteiger partial charge in [-0.25, -0.2) is 8.42 Å². The molecule has 7 heteroatoms. The normalized spacial score (nSPS) is 12.3. The Kier molecular flexibility index (Phi) is 8.29. The van der Waals surface area contributed by atoms with E-state index in [1.54, 1.807) is 19.1 Å². The fourth-order valence-corrected chi connectivity index (χ4v) is 4.37. The zero-order chi connectivity index (χ0) is 22.3. The van der Waals surface area contributed by atoms with E-state index in [1.165, 1.54) is 5.56 Å². The Hall–Kier alpha value is -2.54. The van der Waals surface area contributed by atoms with E-state index in [4.69, 9.17) is 4.74 Å². The van der Waals surface area contributed by atoms with Gasteiger partial charge in [0.05, 0.1) is 18.5 Å². The van der Waals surface area contributed by atoms with E-state index in [9.17, 15) is 13.2 Å². The number of amides is 1. The third-order valence-electron chi connectivity index (χ3n) is 4.97. The van der Waals surface area contributed by atoms with Crippen molar-refractivity contribution >= 4 is 21.6 Å². The lowest BCUT2D eigenvalue weighted by molar-refractivity contribution is -0.121. The van der Waals surface area contributed by atoms with Crippen LogP contribution in [-0.4, -0.2) is 39.8 Å². The van der Waals surface area contributed by atoms with E-state index in [-0.39, 0.29) is 12.5 Å². The molecule has 0 aromatic heterocycles. The van der Waals surface area contributed by atoms with Crippen LogP contribution < -0.4 is 14.4 Å². The van der Waals surface area contributed by atoms with Crippen molar-refractivity contribution in [3.8, 4) is 5.75 Å². The first-order chi connectivity index (χ1) is 14.1. The second-order valence-electron chi connectivity index (χ2n) is 7.54. The number of rotatable bonds is 10. The lowest BCUT2D eigenvalue weighted by Gasteiger charge is -2.28. The number of aryl methyl sites for hydroxylation is 3. The number of sulfonamides is 1. The molecule has 164 valence electrons. The Morgan fingerprint density at radius 2 is 1.77 bits per heavy atom. The van der Waals surface area contributed by atoms with E-state index in [0.29, 0.717) is 12.3 Å². The second-order valence-corrected chi connectivity index (χ2v) is 9.40. The molecule has 0 aliphatic heterocycles. The molecule has 0 fully saturated rings. The Bertz CT molecular complexity index is 956. The Morgan fingerprint density at radius 1 is 1.10 bits per heavy atom. The molecule has 1 unspecified atom stereocenters. The third kappa shape index (κ3) is 6.49. The molecule has 0 saturated carbocycles. The van der Waals surface area contributed by atoms with Crippen LogP contribution in [0.15, 0.2) is 42.5 Å². The summed E-state index contributed by atoms with van der Waals surface area (Å²) in [6.07, 6.45) is 3.24. The number of nitrogens with one attached hydrogen (secondary N) is 1. The van der Waals surface area contributed by atoms with Crippen LogP contribution in [0.2, 0.25) is 0 Å². The molecule has 30 heavy (non-hydrogen) atoms. The summed E-state index contributed by atoms with van der Waals surface area (Å²) >= 11 is 0. The molecular formula is C23H32N2O4S. The number of anilines is 1. The van der Waals surface area contributed by atoms with Crippen LogP contribution in [0, 0.1) is 13.8 Å². The molecule has 0 spiro atoms. The predicted octanol–water partition coefficient (Wildman–Crippen LogP) is 3.61. The maximum absolute atomic E-state index is 12.6. The maximum atomic E-state index is 12.6. The Balaban J connectivity index is 1.96. The highest BCUT2D eigenvalue weighted by Crippen LogP contribution is 2.23. The quantitative estimate of drug-likeness (QED) is 0.582. The minimum Gasteiger partial charge on any atom is -0.492 e. The standard InChI is InChI=1S/C23H32N2O4S/c1-6-7-20-9-12-22(13-10-20)29-15-14-24-23(26)19(4)25(30(5,27)28)21-11-8-17(2)18(3)16-21/h8-13,16,19H,6-7,14-15H2,1-5H3,(H,24,26). The van der Waals surface area contributed by atoms with Gasteiger partial charge in [-0.1, -0.05) is 31.5 Å². The molecule has 1 amide bonds. The molecule has 1 atom stereocenters. The van der Waals surface area contributed by atoms with Gasteiger partial charge >= 0.3 is 0 Å². The zero-order valence-electron chi connectivity index (χ0n) is 18.4. The summed E-state index contributed by atoms with van der Waals surface area (Å²) in [6.45, 7) is 8.17. The van der Waals surface area contributed by atoms with E-state index in [0.717, 1.165) is 40.3 Å². The number of benzene rings is 2. The van der Waals surface area contributed by atoms with Gasteiger partial charge in [-0.15, -0.1) is 0 Å². The number of nitrogens with zero attached hydrogens (tertiary/aromatic N) is 1. The topological polar surface area (TPSA) is 75.7 Å². The molecule has 2 aromatic rings. The summed E-state index contributed by atoms with van der Waals surface area (Å²) in [4.78, 5) is 12.6. The van der Waals surface area contributed by atoms with Crippen molar-refractivity contribution in [3.05, 3.63) is 59.2 Å². The van der Waals surface area contributed by atoms with Crippen LogP contribution in [0.25, 0.3) is 0 Å². The van der Waals surface area contributed by atoms with Crippen molar-refractivity contribution in [2.75, 3.05) is 23.7 Å². The van der Waals surface area contributed by atoms with E-state index < -0.39 is 16.1 Å².